The van der Waals surface area contributed by atoms with Gasteiger partial charge in [0.25, 0.3) is 0 Å². The fourth-order valence-electron chi connectivity index (χ4n) is 4.65. The summed E-state index contributed by atoms with van der Waals surface area (Å²) < 4.78 is 12.2. The zero-order valence-corrected chi connectivity index (χ0v) is 19.3. The number of cyclic esters (lactones) is 1. The number of rotatable bonds is 5. The maximum atomic E-state index is 11.9. The van der Waals surface area contributed by atoms with Crippen molar-refractivity contribution in [3.63, 3.8) is 0 Å². The number of ether oxygens (including phenoxy) is 2. The van der Waals surface area contributed by atoms with Gasteiger partial charge in [0, 0.05) is 44.0 Å². The third-order valence-electron chi connectivity index (χ3n) is 6.43. The van der Waals surface area contributed by atoms with Crippen molar-refractivity contribution in [2.24, 2.45) is 0 Å². The Bertz CT molecular complexity index is 1310. The molecule has 0 spiro atoms. The standard InChI is InChI=1S/C24H25N7O3/c1-14-18(4-5-19-20(14)13-34-23(19)32)21-12-30(7-6-26-21)10-17-11-31(15(2)28-17)24-27-9-16(8-25)22(29-24)33-3/h4-5,9,11,21,26H,6-7,10,12-13H2,1-3H3/t21-/m0/s1. The van der Waals surface area contributed by atoms with Crippen LogP contribution < -0.4 is 10.1 Å². The smallest absolute Gasteiger partial charge is 0.338 e. The van der Waals surface area contributed by atoms with Gasteiger partial charge in [-0.3, -0.25) is 9.47 Å². The van der Waals surface area contributed by atoms with Gasteiger partial charge in [0.2, 0.25) is 11.8 Å². The number of aromatic nitrogens is 4. The number of benzene rings is 1. The summed E-state index contributed by atoms with van der Waals surface area (Å²) in [4.78, 5) is 27.6. The molecule has 0 amide bonds. The van der Waals surface area contributed by atoms with Crippen molar-refractivity contribution in [3.05, 3.63) is 63.9 Å². The first-order valence-corrected chi connectivity index (χ1v) is 11.1. The van der Waals surface area contributed by atoms with Crippen LogP contribution in [0.25, 0.3) is 5.95 Å². The molecule has 3 aromatic rings. The fourth-order valence-corrected chi connectivity index (χ4v) is 4.65. The number of methoxy groups -OCH3 is 1. The number of fused-ring (bicyclic) bond motifs is 1. The number of carbonyl (C=O) groups is 1. The van der Waals surface area contributed by atoms with Crippen molar-refractivity contribution >= 4 is 5.97 Å². The lowest BCUT2D eigenvalue weighted by Gasteiger charge is -2.34. The van der Waals surface area contributed by atoms with Crippen molar-refractivity contribution in [2.75, 3.05) is 26.7 Å². The highest BCUT2D eigenvalue weighted by Gasteiger charge is 2.28. The Balaban J connectivity index is 1.33. The molecule has 5 rings (SSSR count). The molecule has 1 aromatic carbocycles. The molecular weight excluding hydrogens is 434 g/mol. The molecule has 174 valence electrons. The summed E-state index contributed by atoms with van der Waals surface area (Å²) >= 11 is 0. The molecule has 4 heterocycles. The second kappa shape index (κ2) is 8.85. The molecule has 2 aromatic heterocycles. The van der Waals surface area contributed by atoms with Crippen LogP contribution in [0.5, 0.6) is 5.88 Å². The normalized spacial score (nSPS) is 17.8. The second-order valence-electron chi connectivity index (χ2n) is 8.48. The van der Waals surface area contributed by atoms with E-state index in [2.05, 4.69) is 27.1 Å². The lowest BCUT2D eigenvalue weighted by molar-refractivity contribution is 0.0535. The summed E-state index contributed by atoms with van der Waals surface area (Å²) in [5.41, 5.74) is 5.19. The van der Waals surface area contributed by atoms with Crippen LogP contribution in [0.1, 0.15) is 50.2 Å². The van der Waals surface area contributed by atoms with Gasteiger partial charge in [-0.2, -0.15) is 10.2 Å². The summed E-state index contributed by atoms with van der Waals surface area (Å²) in [6, 6.07) is 6.10. The Morgan fingerprint density at radius 3 is 2.97 bits per heavy atom. The Morgan fingerprint density at radius 1 is 1.32 bits per heavy atom. The van der Waals surface area contributed by atoms with Gasteiger partial charge in [-0.25, -0.2) is 14.8 Å². The lowest BCUT2D eigenvalue weighted by Crippen LogP contribution is -2.45. The average Bonchev–Trinajstić information content (AvgIpc) is 3.41. The molecule has 1 atom stereocenters. The van der Waals surface area contributed by atoms with E-state index in [-0.39, 0.29) is 23.5 Å². The van der Waals surface area contributed by atoms with E-state index in [0.29, 0.717) is 24.7 Å². The van der Waals surface area contributed by atoms with E-state index in [1.807, 2.05) is 31.3 Å². The van der Waals surface area contributed by atoms with E-state index in [1.54, 1.807) is 4.57 Å². The molecule has 1 fully saturated rings. The maximum Gasteiger partial charge on any atom is 0.338 e. The highest BCUT2D eigenvalue weighted by Crippen LogP contribution is 2.30. The molecule has 0 saturated carbocycles. The van der Waals surface area contributed by atoms with E-state index < -0.39 is 0 Å². The van der Waals surface area contributed by atoms with Gasteiger partial charge >= 0.3 is 5.97 Å². The molecule has 0 radical (unpaired) electrons. The van der Waals surface area contributed by atoms with E-state index in [0.717, 1.165) is 42.3 Å². The summed E-state index contributed by atoms with van der Waals surface area (Å²) in [5, 5.41) is 12.8. The van der Waals surface area contributed by atoms with Crippen LogP contribution in [0.3, 0.4) is 0 Å². The minimum atomic E-state index is -0.238. The third-order valence-corrected chi connectivity index (χ3v) is 6.43. The van der Waals surface area contributed by atoms with Crippen molar-refractivity contribution in [3.8, 4) is 17.9 Å². The predicted molar refractivity (Wildman–Crippen MR) is 121 cm³/mol. The van der Waals surface area contributed by atoms with Gasteiger partial charge in [-0.05, 0) is 31.0 Å². The van der Waals surface area contributed by atoms with Gasteiger partial charge in [-0.15, -0.1) is 0 Å². The van der Waals surface area contributed by atoms with Crippen molar-refractivity contribution < 1.29 is 14.3 Å². The molecule has 10 heteroatoms. The third kappa shape index (κ3) is 3.89. The van der Waals surface area contributed by atoms with Gasteiger partial charge in [0.1, 0.15) is 24.1 Å². The van der Waals surface area contributed by atoms with Crippen LogP contribution >= 0.6 is 0 Å². The first kappa shape index (κ1) is 22.0. The number of nitrogens with one attached hydrogen (secondary N) is 1. The van der Waals surface area contributed by atoms with Gasteiger partial charge in [-0.1, -0.05) is 6.07 Å². The number of nitriles is 1. The monoisotopic (exact) mass is 459 g/mol. The largest absolute Gasteiger partial charge is 0.480 e. The molecule has 0 bridgehead atoms. The van der Waals surface area contributed by atoms with Gasteiger partial charge in [0.05, 0.1) is 24.6 Å². The zero-order chi connectivity index (χ0) is 23.8. The highest BCUT2D eigenvalue weighted by molar-refractivity contribution is 5.94. The van der Waals surface area contributed by atoms with Crippen LogP contribution in [-0.4, -0.2) is 57.1 Å². The maximum absolute atomic E-state index is 11.9. The zero-order valence-electron chi connectivity index (χ0n) is 19.3. The molecule has 2 aliphatic heterocycles. The van der Waals surface area contributed by atoms with E-state index in [1.165, 1.54) is 18.9 Å². The van der Waals surface area contributed by atoms with Crippen LogP contribution in [0.15, 0.2) is 24.5 Å². The average molecular weight is 460 g/mol. The van der Waals surface area contributed by atoms with Crippen LogP contribution in [0, 0.1) is 25.2 Å². The highest BCUT2D eigenvalue weighted by atomic mass is 16.5. The Morgan fingerprint density at radius 2 is 2.18 bits per heavy atom. The van der Waals surface area contributed by atoms with Crippen LogP contribution in [-0.2, 0) is 17.9 Å². The fraction of sp³-hybridized carbons (Fsp3) is 0.375. The number of carbonyl (C=O) groups excluding carboxylic acids is 1. The summed E-state index contributed by atoms with van der Waals surface area (Å²) in [6.45, 7) is 7.57. The summed E-state index contributed by atoms with van der Waals surface area (Å²) in [6.07, 6.45) is 3.38. The number of aryl methyl sites for hydroxylation is 1. The molecule has 2 aliphatic rings. The number of hydrogen-bond acceptors (Lipinski definition) is 9. The number of nitrogens with zero attached hydrogens (tertiary/aromatic N) is 6. The van der Waals surface area contributed by atoms with E-state index >= 15 is 0 Å². The minimum absolute atomic E-state index is 0.157. The molecule has 1 saturated heterocycles. The van der Waals surface area contributed by atoms with E-state index in [4.69, 9.17) is 19.7 Å². The topological polar surface area (TPSA) is 118 Å². The molecular formula is C24H25N7O3. The molecule has 0 aliphatic carbocycles. The molecule has 1 N–H and O–H groups in total. The Labute approximate surface area is 197 Å². The molecule has 0 unspecified atom stereocenters. The first-order chi connectivity index (χ1) is 16.5. The number of piperazine rings is 1. The quantitative estimate of drug-likeness (QED) is 0.571. The lowest BCUT2D eigenvalue weighted by atomic mass is 9.93. The summed E-state index contributed by atoms with van der Waals surface area (Å²) in [5.74, 6) is 1.17. The van der Waals surface area contributed by atoms with Crippen molar-refractivity contribution in [2.45, 2.75) is 33.0 Å². The SMILES string of the molecule is COc1nc(-n2cc(CN3CCN[C@H](c4ccc5c(c4C)COC5=O)C3)nc2C)ncc1C#N. The van der Waals surface area contributed by atoms with Gasteiger partial charge < -0.3 is 14.8 Å². The van der Waals surface area contributed by atoms with Gasteiger partial charge in [0.15, 0.2) is 0 Å². The van der Waals surface area contributed by atoms with E-state index in [9.17, 15) is 4.79 Å². The second-order valence-corrected chi connectivity index (χ2v) is 8.48. The van der Waals surface area contributed by atoms with Crippen LogP contribution in [0.2, 0.25) is 0 Å². The number of imidazole rings is 1. The van der Waals surface area contributed by atoms with Crippen LogP contribution in [0.4, 0.5) is 0 Å². The van der Waals surface area contributed by atoms with Crippen molar-refractivity contribution in [1.82, 2.24) is 29.7 Å². The first-order valence-electron chi connectivity index (χ1n) is 11.1. The number of hydrogen-bond donors (Lipinski definition) is 1. The number of esters is 1. The van der Waals surface area contributed by atoms with Crippen molar-refractivity contribution in [1.29, 1.82) is 5.26 Å². The minimum Gasteiger partial charge on any atom is -0.480 e. The molecule has 34 heavy (non-hydrogen) atoms. The Kier molecular flexibility index (Phi) is 5.73. The summed E-state index contributed by atoms with van der Waals surface area (Å²) in [7, 11) is 1.48. The Hall–Kier alpha value is -3.81. The molecule has 10 nitrogen and oxygen atoms in total. The predicted octanol–water partition coefficient (Wildman–Crippen LogP) is 1.98.